The molecule has 0 nitrogen and oxygen atoms in total. The summed E-state index contributed by atoms with van der Waals surface area (Å²) in [6.07, 6.45) is 3.67. The van der Waals surface area contributed by atoms with Gasteiger partial charge in [0, 0.05) is 10.4 Å². The molecule has 0 radical (unpaired) electrons. The molecular formula is C14H20BrCl. The highest BCUT2D eigenvalue weighted by molar-refractivity contribution is 9.09. The Balaban J connectivity index is 2.56. The van der Waals surface area contributed by atoms with Gasteiger partial charge in [-0.3, -0.25) is 0 Å². The van der Waals surface area contributed by atoms with Gasteiger partial charge in [-0.25, -0.2) is 0 Å². The first kappa shape index (κ1) is 14.1. The lowest BCUT2D eigenvalue weighted by molar-refractivity contribution is 0.410. The molecule has 2 atom stereocenters. The maximum Gasteiger partial charge on any atom is 0.0408 e. The Morgan fingerprint density at radius 2 is 2.12 bits per heavy atom. The van der Waals surface area contributed by atoms with Crippen LogP contribution in [0, 0.1) is 11.8 Å². The molecule has 0 aliphatic rings. The van der Waals surface area contributed by atoms with E-state index in [0.717, 1.165) is 22.7 Å². The van der Waals surface area contributed by atoms with E-state index in [-0.39, 0.29) is 0 Å². The normalized spacial score (nSPS) is 14.8. The Hall–Kier alpha value is -0.0100. The van der Waals surface area contributed by atoms with Gasteiger partial charge in [-0.2, -0.15) is 0 Å². The fourth-order valence-corrected chi connectivity index (χ4v) is 2.64. The predicted octanol–water partition coefficient (Wildman–Crippen LogP) is 5.33. The molecule has 0 bridgehead atoms. The van der Waals surface area contributed by atoms with Crippen molar-refractivity contribution in [3.8, 4) is 0 Å². The molecule has 1 aromatic rings. The van der Waals surface area contributed by atoms with Crippen LogP contribution in [0.2, 0.25) is 5.02 Å². The zero-order chi connectivity index (χ0) is 12.0. The topological polar surface area (TPSA) is 0 Å². The fourth-order valence-electron chi connectivity index (χ4n) is 1.93. The van der Waals surface area contributed by atoms with Crippen LogP contribution in [0.25, 0.3) is 0 Å². The van der Waals surface area contributed by atoms with E-state index < -0.39 is 0 Å². The van der Waals surface area contributed by atoms with E-state index in [2.05, 4.69) is 41.9 Å². The van der Waals surface area contributed by atoms with Gasteiger partial charge in [0.05, 0.1) is 0 Å². The van der Waals surface area contributed by atoms with Crippen molar-refractivity contribution in [1.82, 2.24) is 0 Å². The van der Waals surface area contributed by atoms with Gasteiger partial charge < -0.3 is 0 Å². The summed E-state index contributed by atoms with van der Waals surface area (Å²) in [6.45, 7) is 4.59. The molecule has 0 amide bonds. The van der Waals surface area contributed by atoms with Gasteiger partial charge in [0.15, 0.2) is 0 Å². The minimum atomic E-state index is 0.716. The van der Waals surface area contributed by atoms with Gasteiger partial charge in [-0.15, -0.1) is 0 Å². The lowest BCUT2D eigenvalue weighted by Crippen LogP contribution is -2.10. The van der Waals surface area contributed by atoms with E-state index in [1.54, 1.807) is 0 Å². The molecular weight excluding hydrogens is 284 g/mol. The third-order valence-corrected chi connectivity index (χ3v) is 4.22. The van der Waals surface area contributed by atoms with Gasteiger partial charge in [0.1, 0.15) is 0 Å². The molecule has 0 fully saturated rings. The van der Waals surface area contributed by atoms with E-state index in [1.807, 2.05) is 12.1 Å². The molecule has 1 rings (SSSR count). The van der Waals surface area contributed by atoms with Gasteiger partial charge in [-0.05, 0) is 42.4 Å². The average molecular weight is 304 g/mol. The van der Waals surface area contributed by atoms with Crippen LogP contribution < -0.4 is 0 Å². The molecule has 90 valence electrons. The number of benzene rings is 1. The zero-order valence-corrected chi connectivity index (χ0v) is 12.4. The lowest BCUT2D eigenvalue weighted by Gasteiger charge is -2.18. The first-order valence-corrected chi connectivity index (χ1v) is 7.46. The molecule has 1 aromatic carbocycles. The molecule has 0 aromatic heterocycles. The summed E-state index contributed by atoms with van der Waals surface area (Å²) in [4.78, 5) is 0. The summed E-state index contributed by atoms with van der Waals surface area (Å²) in [5.41, 5.74) is 1.35. The van der Waals surface area contributed by atoms with Crippen molar-refractivity contribution in [2.75, 3.05) is 5.33 Å². The number of hydrogen-bond donors (Lipinski definition) is 0. The minimum absolute atomic E-state index is 0.716. The van der Waals surface area contributed by atoms with Crippen molar-refractivity contribution >= 4 is 27.5 Å². The van der Waals surface area contributed by atoms with Crippen LogP contribution in [-0.2, 0) is 6.42 Å². The third kappa shape index (κ3) is 4.88. The standard InChI is InChI=1S/C14H20BrCl/c1-3-11(2)7-13(10-15)8-12-5-4-6-14(16)9-12/h4-6,9,11,13H,3,7-8,10H2,1-2H3. The van der Waals surface area contributed by atoms with Crippen molar-refractivity contribution < 1.29 is 0 Å². The van der Waals surface area contributed by atoms with Crippen LogP contribution in [0.1, 0.15) is 32.3 Å². The molecule has 0 saturated carbocycles. The Bertz CT molecular complexity index is 311. The van der Waals surface area contributed by atoms with Crippen molar-refractivity contribution in [3.63, 3.8) is 0 Å². The summed E-state index contributed by atoms with van der Waals surface area (Å²) < 4.78 is 0. The molecule has 0 heterocycles. The van der Waals surface area contributed by atoms with Crippen LogP contribution >= 0.6 is 27.5 Å². The SMILES string of the molecule is CCC(C)CC(CBr)Cc1cccc(Cl)c1. The number of alkyl halides is 1. The highest BCUT2D eigenvalue weighted by Crippen LogP contribution is 2.22. The van der Waals surface area contributed by atoms with Crippen molar-refractivity contribution in [2.24, 2.45) is 11.8 Å². The molecule has 0 spiro atoms. The number of hydrogen-bond acceptors (Lipinski definition) is 0. The third-order valence-electron chi connectivity index (χ3n) is 3.06. The van der Waals surface area contributed by atoms with Crippen LogP contribution in [0.5, 0.6) is 0 Å². The monoisotopic (exact) mass is 302 g/mol. The minimum Gasteiger partial charge on any atom is -0.0925 e. The highest BCUT2D eigenvalue weighted by atomic mass is 79.9. The van der Waals surface area contributed by atoms with Crippen molar-refractivity contribution in [3.05, 3.63) is 34.9 Å². The molecule has 16 heavy (non-hydrogen) atoms. The second kappa shape index (κ2) is 7.34. The maximum absolute atomic E-state index is 5.99. The quantitative estimate of drug-likeness (QED) is 0.623. The lowest BCUT2D eigenvalue weighted by atomic mass is 9.90. The van der Waals surface area contributed by atoms with Crippen LogP contribution in [0.3, 0.4) is 0 Å². The average Bonchev–Trinajstić information content (AvgIpc) is 2.28. The second-order valence-corrected chi connectivity index (χ2v) is 5.69. The predicted molar refractivity (Wildman–Crippen MR) is 76.5 cm³/mol. The Morgan fingerprint density at radius 1 is 1.38 bits per heavy atom. The molecule has 0 aliphatic heterocycles. The van der Waals surface area contributed by atoms with Crippen molar-refractivity contribution in [2.45, 2.75) is 33.1 Å². The number of halogens is 2. The molecule has 0 saturated heterocycles. The van der Waals surface area contributed by atoms with E-state index in [9.17, 15) is 0 Å². The van der Waals surface area contributed by atoms with E-state index >= 15 is 0 Å². The Kier molecular flexibility index (Phi) is 6.45. The Morgan fingerprint density at radius 3 is 2.69 bits per heavy atom. The van der Waals surface area contributed by atoms with Crippen molar-refractivity contribution in [1.29, 1.82) is 0 Å². The summed E-state index contributed by atoms with van der Waals surface area (Å²) in [7, 11) is 0. The van der Waals surface area contributed by atoms with Crippen LogP contribution in [0.15, 0.2) is 24.3 Å². The smallest absolute Gasteiger partial charge is 0.0408 e. The summed E-state index contributed by atoms with van der Waals surface area (Å²) >= 11 is 9.61. The highest BCUT2D eigenvalue weighted by Gasteiger charge is 2.12. The summed E-state index contributed by atoms with van der Waals surface area (Å²) in [6, 6.07) is 8.21. The van der Waals surface area contributed by atoms with E-state index in [4.69, 9.17) is 11.6 Å². The first-order valence-electron chi connectivity index (χ1n) is 5.96. The first-order chi connectivity index (χ1) is 7.65. The number of rotatable bonds is 6. The molecule has 0 N–H and O–H groups in total. The summed E-state index contributed by atoms with van der Waals surface area (Å²) in [5, 5.41) is 1.92. The van der Waals surface area contributed by atoms with Crippen LogP contribution in [-0.4, -0.2) is 5.33 Å². The van der Waals surface area contributed by atoms with Gasteiger partial charge in [0.25, 0.3) is 0 Å². The van der Waals surface area contributed by atoms with Gasteiger partial charge >= 0.3 is 0 Å². The second-order valence-electron chi connectivity index (χ2n) is 4.60. The van der Waals surface area contributed by atoms with Gasteiger partial charge in [-0.1, -0.05) is 59.9 Å². The molecule has 2 heteroatoms. The Labute approximate surface area is 113 Å². The van der Waals surface area contributed by atoms with Crippen LogP contribution in [0.4, 0.5) is 0 Å². The fraction of sp³-hybridized carbons (Fsp3) is 0.571. The molecule has 0 aliphatic carbocycles. The van der Waals surface area contributed by atoms with E-state index in [1.165, 1.54) is 18.4 Å². The maximum atomic E-state index is 5.99. The van der Waals surface area contributed by atoms with Gasteiger partial charge in [0.2, 0.25) is 0 Å². The summed E-state index contributed by atoms with van der Waals surface area (Å²) in [5.74, 6) is 1.52. The van der Waals surface area contributed by atoms with E-state index in [0.29, 0.717) is 5.92 Å². The molecule has 2 unspecified atom stereocenters. The zero-order valence-electron chi connectivity index (χ0n) is 10.0. The largest absolute Gasteiger partial charge is 0.0925 e.